The summed E-state index contributed by atoms with van der Waals surface area (Å²) in [5.74, 6) is -2.51. The highest BCUT2D eigenvalue weighted by atomic mass is 35.5. The van der Waals surface area contributed by atoms with Gasteiger partial charge < -0.3 is 19.8 Å². The van der Waals surface area contributed by atoms with E-state index in [1.807, 2.05) is 24.3 Å². The molecule has 160 valence electrons. The molecule has 2 saturated heterocycles. The number of hydrogen-bond acceptors (Lipinski definition) is 7. The molecule has 3 heterocycles. The Morgan fingerprint density at radius 3 is 2.20 bits per heavy atom. The summed E-state index contributed by atoms with van der Waals surface area (Å²) >= 11 is 7.42. The second-order valence-electron chi connectivity index (χ2n) is 7.15. The third kappa shape index (κ3) is 6.01. The average Bonchev–Trinajstić information content (AvgIpc) is 3.22. The number of halogens is 1. The number of fused-ring (bicyclic) bond motifs is 2. The van der Waals surface area contributed by atoms with Crippen LogP contribution < -0.4 is 4.74 Å². The number of hydrogen-bond donors (Lipinski definition) is 2. The highest BCUT2D eigenvalue weighted by molar-refractivity contribution is 7.16. The number of ether oxygens (including phenoxy) is 1. The first-order valence-electron chi connectivity index (χ1n) is 9.43. The Kier molecular flexibility index (Phi) is 7.41. The number of piperidine rings is 1. The van der Waals surface area contributed by atoms with E-state index in [2.05, 4.69) is 22.1 Å². The zero-order chi connectivity index (χ0) is 21.7. The Bertz CT molecular complexity index is 887. The summed E-state index contributed by atoms with van der Waals surface area (Å²) in [6, 6.07) is 9.01. The van der Waals surface area contributed by atoms with Crippen LogP contribution in [0.5, 0.6) is 5.19 Å². The molecule has 2 N–H and O–H groups in total. The van der Waals surface area contributed by atoms with E-state index in [4.69, 9.17) is 26.6 Å². The topological polar surface area (TPSA) is 113 Å². The molecule has 2 aromatic rings. The molecule has 0 unspecified atom stereocenters. The van der Waals surface area contributed by atoms with Gasteiger partial charge in [-0.25, -0.2) is 9.59 Å². The maximum Gasteiger partial charge on any atom is 0.328 e. The fraction of sp³-hybridized carbons (Fsp3) is 0.400. The van der Waals surface area contributed by atoms with Crippen LogP contribution in [0, 0.1) is 0 Å². The van der Waals surface area contributed by atoms with Gasteiger partial charge in [0.25, 0.3) is 5.19 Å². The van der Waals surface area contributed by atoms with Gasteiger partial charge in [0, 0.05) is 34.8 Å². The van der Waals surface area contributed by atoms with E-state index in [9.17, 15) is 9.59 Å². The van der Waals surface area contributed by atoms with Crippen LogP contribution >= 0.6 is 22.9 Å². The van der Waals surface area contributed by atoms with Gasteiger partial charge in [-0.15, -0.1) is 5.10 Å². The van der Waals surface area contributed by atoms with Gasteiger partial charge in [0.2, 0.25) is 0 Å². The number of nitrogens with zero attached hydrogens (tertiary/aromatic N) is 3. The van der Waals surface area contributed by atoms with Crippen molar-refractivity contribution in [2.24, 2.45) is 0 Å². The number of aliphatic carboxylic acids is 2. The molecule has 10 heteroatoms. The normalized spacial score (nSPS) is 23.1. The molecule has 3 atom stereocenters. The zero-order valence-electron chi connectivity index (χ0n) is 16.3. The van der Waals surface area contributed by atoms with E-state index in [-0.39, 0.29) is 6.10 Å². The van der Waals surface area contributed by atoms with Gasteiger partial charge in [-0.1, -0.05) is 40.2 Å². The first kappa shape index (κ1) is 22.2. The highest BCUT2D eigenvalue weighted by Crippen LogP contribution is 2.37. The van der Waals surface area contributed by atoms with Crippen LogP contribution in [0.3, 0.4) is 0 Å². The van der Waals surface area contributed by atoms with Crippen LogP contribution in [0.4, 0.5) is 0 Å². The molecule has 8 nitrogen and oxygen atoms in total. The molecule has 0 aliphatic carbocycles. The smallest absolute Gasteiger partial charge is 0.328 e. The van der Waals surface area contributed by atoms with Crippen LogP contribution in [0.2, 0.25) is 5.02 Å². The molecule has 2 fully saturated rings. The summed E-state index contributed by atoms with van der Waals surface area (Å²) < 4.78 is 6.10. The monoisotopic (exact) mass is 451 g/mol. The molecular weight excluding hydrogens is 430 g/mol. The molecule has 0 amide bonds. The highest BCUT2D eigenvalue weighted by Gasteiger charge is 2.39. The fourth-order valence-electron chi connectivity index (χ4n) is 3.71. The summed E-state index contributed by atoms with van der Waals surface area (Å²) in [5, 5.41) is 26.3. The molecule has 2 aliphatic rings. The van der Waals surface area contributed by atoms with E-state index in [0.717, 1.165) is 28.4 Å². The van der Waals surface area contributed by atoms with Gasteiger partial charge in [0.1, 0.15) is 6.10 Å². The van der Waals surface area contributed by atoms with Crippen LogP contribution in [0.15, 0.2) is 36.4 Å². The maximum atomic E-state index is 9.55. The van der Waals surface area contributed by atoms with Gasteiger partial charge in [0.05, 0.1) is 0 Å². The molecule has 0 spiro atoms. The first-order chi connectivity index (χ1) is 14.3. The van der Waals surface area contributed by atoms with Gasteiger partial charge in [0.15, 0.2) is 5.01 Å². The Morgan fingerprint density at radius 2 is 1.67 bits per heavy atom. The molecule has 2 bridgehead atoms. The van der Waals surface area contributed by atoms with Gasteiger partial charge >= 0.3 is 11.9 Å². The number of aromatic nitrogens is 2. The van der Waals surface area contributed by atoms with Crippen molar-refractivity contribution < 1.29 is 24.5 Å². The molecule has 1 aromatic carbocycles. The van der Waals surface area contributed by atoms with Crippen molar-refractivity contribution in [2.75, 3.05) is 7.05 Å². The standard InChI is InChI=1S/C16H18ClN3OS.C4H4O4/c1-20-12-6-7-13(20)9-14(8-12)21-16-19-18-15(22-16)10-2-4-11(17)5-3-10;5-3(6)1-2-4(7)8/h2-5,12-14H,6-9H2,1H3;1-2H,(H,5,6)(H,7,8)/b;2-1+/t12-,13+,14-;. The quantitative estimate of drug-likeness (QED) is 0.663. The van der Waals surface area contributed by atoms with Crippen LogP contribution in [0.1, 0.15) is 25.7 Å². The predicted octanol–water partition coefficient (Wildman–Crippen LogP) is 3.57. The Hall–Kier alpha value is -2.49. The average molecular weight is 452 g/mol. The van der Waals surface area contributed by atoms with Crippen molar-refractivity contribution >= 4 is 34.9 Å². The Balaban J connectivity index is 0.000000275. The third-order valence-electron chi connectivity index (χ3n) is 5.19. The van der Waals surface area contributed by atoms with Crippen molar-refractivity contribution in [2.45, 2.75) is 43.9 Å². The van der Waals surface area contributed by atoms with Crippen LogP contribution in [0.25, 0.3) is 10.6 Å². The van der Waals surface area contributed by atoms with Gasteiger partial charge in [-0.05, 0) is 44.9 Å². The van der Waals surface area contributed by atoms with Gasteiger partial charge in [-0.2, -0.15) is 0 Å². The van der Waals surface area contributed by atoms with E-state index in [0.29, 0.717) is 29.4 Å². The SMILES string of the molecule is CN1[C@@H]2CC[C@H]1C[C@H](Oc1nnc(-c3ccc(Cl)cc3)s1)C2.O=C(O)/C=C/C(=O)O. The minimum absolute atomic E-state index is 0.278. The van der Waals surface area contributed by atoms with Crippen LogP contribution in [-0.2, 0) is 9.59 Å². The molecular formula is C20H22ClN3O5S. The lowest BCUT2D eigenvalue weighted by molar-refractivity contribution is -0.134. The second-order valence-corrected chi connectivity index (χ2v) is 8.53. The van der Waals surface area contributed by atoms with E-state index < -0.39 is 11.9 Å². The van der Waals surface area contributed by atoms with Crippen LogP contribution in [-0.4, -0.2) is 62.5 Å². The molecule has 30 heavy (non-hydrogen) atoms. The maximum absolute atomic E-state index is 9.55. The van der Waals surface area contributed by atoms with Crippen molar-refractivity contribution in [1.82, 2.24) is 15.1 Å². The molecule has 2 aliphatic heterocycles. The van der Waals surface area contributed by atoms with E-state index >= 15 is 0 Å². The van der Waals surface area contributed by atoms with Crippen molar-refractivity contribution in [3.05, 3.63) is 41.4 Å². The predicted molar refractivity (Wildman–Crippen MR) is 113 cm³/mol. The molecule has 0 saturated carbocycles. The number of carboxylic acids is 2. The summed E-state index contributed by atoms with van der Waals surface area (Å²) in [7, 11) is 2.24. The first-order valence-corrected chi connectivity index (χ1v) is 10.6. The van der Waals surface area contributed by atoms with Crippen molar-refractivity contribution in [3.8, 4) is 15.8 Å². The zero-order valence-corrected chi connectivity index (χ0v) is 17.8. The Labute approximate surface area is 182 Å². The largest absolute Gasteiger partial charge is 0.478 e. The summed E-state index contributed by atoms with van der Waals surface area (Å²) in [5.41, 5.74) is 1.03. The summed E-state index contributed by atoms with van der Waals surface area (Å²) in [6.07, 6.45) is 6.19. The summed E-state index contributed by atoms with van der Waals surface area (Å²) in [4.78, 5) is 21.6. The minimum atomic E-state index is -1.26. The molecule has 4 rings (SSSR count). The summed E-state index contributed by atoms with van der Waals surface area (Å²) in [6.45, 7) is 0. The number of benzene rings is 1. The lowest BCUT2D eigenvalue weighted by Crippen LogP contribution is -2.43. The third-order valence-corrected chi connectivity index (χ3v) is 6.30. The number of carboxylic acid groups (broad SMARTS) is 2. The van der Waals surface area contributed by atoms with Gasteiger partial charge in [-0.3, -0.25) is 0 Å². The molecule has 1 aromatic heterocycles. The van der Waals surface area contributed by atoms with Crippen molar-refractivity contribution in [3.63, 3.8) is 0 Å². The fourth-order valence-corrected chi connectivity index (χ4v) is 4.60. The van der Waals surface area contributed by atoms with E-state index in [1.165, 1.54) is 24.2 Å². The lowest BCUT2D eigenvalue weighted by atomic mass is 10.0. The number of carbonyl (C=O) groups is 2. The number of rotatable bonds is 5. The van der Waals surface area contributed by atoms with E-state index in [1.54, 1.807) is 0 Å². The van der Waals surface area contributed by atoms with Crippen molar-refractivity contribution in [1.29, 1.82) is 0 Å². The Morgan fingerprint density at radius 1 is 1.10 bits per heavy atom. The second kappa shape index (κ2) is 10.0. The lowest BCUT2D eigenvalue weighted by Gasteiger charge is -2.35. The molecule has 0 radical (unpaired) electrons. The minimum Gasteiger partial charge on any atom is -0.478 e.